The zero-order valence-electron chi connectivity index (χ0n) is 19.2. The molecule has 1 aliphatic carbocycles. The molecule has 5 rings (SSSR count). The lowest BCUT2D eigenvalue weighted by molar-refractivity contribution is 0.395. The Morgan fingerprint density at radius 1 is 0.912 bits per heavy atom. The first-order valence-electron chi connectivity index (χ1n) is 11.3. The Labute approximate surface area is 203 Å². The molecule has 8 nitrogen and oxygen atoms in total. The van der Waals surface area contributed by atoms with Gasteiger partial charge in [0.05, 0.1) is 43.0 Å². The summed E-state index contributed by atoms with van der Waals surface area (Å²) in [4.78, 5) is 13.0. The Hall–Kier alpha value is -3.52. The van der Waals surface area contributed by atoms with Crippen molar-refractivity contribution >= 4 is 28.6 Å². The summed E-state index contributed by atoms with van der Waals surface area (Å²) >= 11 is 6.36. The fourth-order valence-electron chi connectivity index (χ4n) is 4.49. The van der Waals surface area contributed by atoms with Crippen LogP contribution in [0.5, 0.6) is 11.5 Å². The minimum atomic E-state index is 0.433. The maximum absolute atomic E-state index is 6.36. The quantitative estimate of drug-likeness (QED) is 0.373. The molecule has 1 saturated carbocycles. The average molecular weight is 479 g/mol. The Morgan fingerprint density at radius 2 is 1.59 bits per heavy atom. The molecule has 1 aromatic carbocycles. The van der Waals surface area contributed by atoms with E-state index in [0.717, 1.165) is 54.0 Å². The van der Waals surface area contributed by atoms with E-state index in [4.69, 9.17) is 26.1 Å². The summed E-state index contributed by atoms with van der Waals surface area (Å²) in [5.41, 5.74) is 4.51. The third-order valence-corrected chi connectivity index (χ3v) is 6.53. The lowest BCUT2D eigenvalue weighted by Crippen LogP contribution is -2.32. The number of pyridine rings is 1. The number of aromatic nitrogens is 4. The molecule has 0 unspecified atom stereocenters. The Bertz CT molecular complexity index is 1270. The van der Waals surface area contributed by atoms with Crippen molar-refractivity contribution in [1.29, 1.82) is 0 Å². The molecule has 9 heteroatoms. The van der Waals surface area contributed by atoms with Crippen LogP contribution in [0.1, 0.15) is 25.7 Å². The van der Waals surface area contributed by atoms with Crippen LogP contribution in [0, 0.1) is 0 Å². The molecule has 0 atom stereocenters. The number of benzene rings is 1. The molecule has 3 heterocycles. The molecular weight excluding hydrogens is 452 g/mol. The van der Waals surface area contributed by atoms with Crippen molar-refractivity contribution in [3.63, 3.8) is 0 Å². The summed E-state index contributed by atoms with van der Waals surface area (Å²) < 4.78 is 12.9. The number of hydrogen-bond donors (Lipinski definition) is 2. The van der Waals surface area contributed by atoms with Crippen LogP contribution in [-0.2, 0) is 0 Å². The molecule has 0 radical (unpaired) electrons. The molecule has 0 spiro atoms. The normalized spacial score (nSPS) is 18.0. The number of ether oxygens (including phenoxy) is 2. The number of anilines is 2. The highest BCUT2D eigenvalue weighted by Crippen LogP contribution is 2.38. The van der Waals surface area contributed by atoms with Gasteiger partial charge in [0, 0.05) is 47.9 Å². The van der Waals surface area contributed by atoms with Crippen LogP contribution in [-0.4, -0.2) is 45.7 Å². The molecule has 3 aromatic heterocycles. The molecule has 1 fully saturated rings. The van der Waals surface area contributed by atoms with Gasteiger partial charge in [-0.15, -0.1) is 0 Å². The second-order valence-corrected chi connectivity index (χ2v) is 8.87. The topological polar surface area (TPSA) is 85.6 Å². The summed E-state index contributed by atoms with van der Waals surface area (Å²) in [6.45, 7) is 0. The molecule has 0 aliphatic heterocycles. The van der Waals surface area contributed by atoms with E-state index < -0.39 is 0 Å². The molecule has 0 saturated heterocycles. The lowest BCUT2D eigenvalue weighted by atomic mass is 9.91. The summed E-state index contributed by atoms with van der Waals surface area (Å²) in [6.07, 6.45) is 13.6. The van der Waals surface area contributed by atoms with E-state index in [0.29, 0.717) is 28.6 Å². The third kappa shape index (κ3) is 4.72. The number of hydrogen-bond acceptors (Lipinski definition) is 7. The summed E-state index contributed by atoms with van der Waals surface area (Å²) in [5.74, 6) is 1.23. The summed E-state index contributed by atoms with van der Waals surface area (Å²) in [7, 11) is 3.21. The van der Waals surface area contributed by atoms with Gasteiger partial charge < -0.3 is 24.5 Å². The number of imidazole rings is 1. The highest BCUT2D eigenvalue weighted by molar-refractivity contribution is 6.32. The first-order chi connectivity index (χ1) is 16.6. The molecule has 0 amide bonds. The number of methoxy groups -OCH3 is 2. The third-order valence-electron chi connectivity index (χ3n) is 6.24. The van der Waals surface area contributed by atoms with Crippen LogP contribution in [0.2, 0.25) is 5.02 Å². The fourth-order valence-corrected chi connectivity index (χ4v) is 4.73. The van der Waals surface area contributed by atoms with Gasteiger partial charge in [-0.1, -0.05) is 11.6 Å². The van der Waals surface area contributed by atoms with Crippen molar-refractivity contribution in [2.24, 2.45) is 0 Å². The maximum Gasteiger partial charge on any atom is 0.141 e. The average Bonchev–Trinajstić information content (AvgIpc) is 3.29. The van der Waals surface area contributed by atoms with Crippen molar-refractivity contribution in [2.45, 2.75) is 37.8 Å². The summed E-state index contributed by atoms with van der Waals surface area (Å²) in [6, 6.07) is 8.66. The van der Waals surface area contributed by atoms with Crippen LogP contribution in [0.25, 0.3) is 16.9 Å². The van der Waals surface area contributed by atoms with Gasteiger partial charge in [-0.05, 0) is 37.8 Å². The van der Waals surface area contributed by atoms with E-state index in [2.05, 4.69) is 32.7 Å². The first kappa shape index (κ1) is 22.3. The standard InChI is InChI=1S/C25H27ClN6O2/c1-33-23-11-24(34-2)21(26)10-20(23)22-14-32-8-7-18(9-25(32)31-22)29-16-3-5-17(6-4-16)30-19-12-27-15-28-13-19/h7-17,29-30H,3-6H2,1-2H3. The van der Waals surface area contributed by atoms with Crippen molar-refractivity contribution in [3.05, 3.63) is 60.4 Å². The van der Waals surface area contributed by atoms with Gasteiger partial charge in [0.2, 0.25) is 0 Å². The zero-order chi connectivity index (χ0) is 23.5. The van der Waals surface area contributed by atoms with Crippen LogP contribution in [0.3, 0.4) is 0 Å². The number of fused-ring (bicyclic) bond motifs is 1. The minimum absolute atomic E-state index is 0.433. The Morgan fingerprint density at radius 3 is 2.26 bits per heavy atom. The molecule has 0 bridgehead atoms. The van der Waals surface area contributed by atoms with Crippen LogP contribution >= 0.6 is 11.6 Å². The summed E-state index contributed by atoms with van der Waals surface area (Å²) in [5, 5.41) is 7.74. The molecule has 4 aromatic rings. The van der Waals surface area contributed by atoms with Crippen molar-refractivity contribution in [3.8, 4) is 22.8 Å². The second kappa shape index (κ2) is 9.77. The van der Waals surface area contributed by atoms with E-state index in [1.54, 1.807) is 26.6 Å². The van der Waals surface area contributed by atoms with E-state index in [1.807, 2.05) is 35.3 Å². The predicted octanol–water partition coefficient (Wildman–Crippen LogP) is 5.30. The minimum Gasteiger partial charge on any atom is -0.496 e. The zero-order valence-corrected chi connectivity index (χ0v) is 19.9. The van der Waals surface area contributed by atoms with E-state index in [-0.39, 0.29) is 0 Å². The lowest BCUT2D eigenvalue weighted by Gasteiger charge is -2.30. The fraction of sp³-hybridized carbons (Fsp3) is 0.320. The smallest absolute Gasteiger partial charge is 0.141 e. The predicted molar refractivity (Wildman–Crippen MR) is 134 cm³/mol. The Kier molecular flexibility index (Phi) is 6.40. The van der Waals surface area contributed by atoms with Crippen LogP contribution < -0.4 is 20.1 Å². The van der Waals surface area contributed by atoms with Gasteiger partial charge in [0.25, 0.3) is 0 Å². The highest BCUT2D eigenvalue weighted by Gasteiger charge is 2.21. The molecule has 2 N–H and O–H groups in total. The van der Waals surface area contributed by atoms with Gasteiger partial charge in [-0.25, -0.2) is 15.0 Å². The van der Waals surface area contributed by atoms with Crippen molar-refractivity contribution < 1.29 is 9.47 Å². The van der Waals surface area contributed by atoms with Crippen molar-refractivity contribution in [2.75, 3.05) is 24.9 Å². The second-order valence-electron chi connectivity index (χ2n) is 8.46. The number of nitrogens with one attached hydrogen (secondary N) is 2. The van der Waals surface area contributed by atoms with Crippen LogP contribution in [0.15, 0.2) is 55.4 Å². The van der Waals surface area contributed by atoms with Gasteiger partial charge in [-0.2, -0.15) is 0 Å². The van der Waals surface area contributed by atoms with Gasteiger partial charge in [-0.3, -0.25) is 0 Å². The monoisotopic (exact) mass is 478 g/mol. The Balaban J connectivity index is 1.27. The van der Waals surface area contributed by atoms with Crippen molar-refractivity contribution in [1.82, 2.24) is 19.4 Å². The van der Waals surface area contributed by atoms with Crippen LogP contribution in [0.4, 0.5) is 11.4 Å². The van der Waals surface area contributed by atoms with Gasteiger partial charge >= 0.3 is 0 Å². The van der Waals surface area contributed by atoms with Gasteiger partial charge in [0.15, 0.2) is 0 Å². The van der Waals surface area contributed by atoms with Gasteiger partial charge in [0.1, 0.15) is 23.5 Å². The number of nitrogens with zero attached hydrogens (tertiary/aromatic N) is 4. The molecule has 176 valence electrons. The molecule has 34 heavy (non-hydrogen) atoms. The van der Waals surface area contributed by atoms with E-state index >= 15 is 0 Å². The highest BCUT2D eigenvalue weighted by atomic mass is 35.5. The molecule has 1 aliphatic rings. The largest absolute Gasteiger partial charge is 0.496 e. The molecular formula is C25H27ClN6O2. The van der Waals surface area contributed by atoms with E-state index in [9.17, 15) is 0 Å². The number of rotatable bonds is 7. The maximum atomic E-state index is 6.36. The van der Waals surface area contributed by atoms with E-state index in [1.165, 1.54) is 0 Å². The SMILES string of the molecule is COc1cc(OC)c(-c2cn3ccc(NC4CCC(Nc5cncnc5)CC4)cc3n2)cc1Cl. The first-order valence-corrected chi connectivity index (χ1v) is 11.7. The number of halogens is 1.